The second-order valence-corrected chi connectivity index (χ2v) is 5.49. The standard InChI is InChI=1S/C14H17Cl2N3O/c1-4-10(8(2)17-3)14-18-13(19-20-14)9-5-6-11(15)12(16)7-9/h5-8,10,17H,4H2,1-3H3. The molecule has 0 aliphatic carbocycles. The van der Waals surface area contributed by atoms with Crippen LogP contribution in [0, 0.1) is 0 Å². The summed E-state index contributed by atoms with van der Waals surface area (Å²) < 4.78 is 5.39. The molecule has 1 heterocycles. The summed E-state index contributed by atoms with van der Waals surface area (Å²) in [5, 5.41) is 8.23. The molecule has 2 aromatic rings. The molecule has 1 aromatic heterocycles. The van der Waals surface area contributed by atoms with Gasteiger partial charge in [-0.05, 0) is 38.6 Å². The highest BCUT2D eigenvalue weighted by Gasteiger charge is 2.23. The van der Waals surface area contributed by atoms with Crippen LogP contribution in [0.1, 0.15) is 32.1 Å². The molecule has 0 aliphatic rings. The summed E-state index contributed by atoms with van der Waals surface area (Å²) in [6.07, 6.45) is 0.922. The van der Waals surface area contributed by atoms with Crippen molar-refractivity contribution < 1.29 is 4.52 Å². The third-order valence-electron chi connectivity index (χ3n) is 3.44. The highest BCUT2D eigenvalue weighted by molar-refractivity contribution is 6.42. The molecule has 2 unspecified atom stereocenters. The Bertz CT molecular complexity index is 586. The maximum atomic E-state index is 6.01. The van der Waals surface area contributed by atoms with Crippen molar-refractivity contribution in [3.63, 3.8) is 0 Å². The molecule has 0 amide bonds. The number of halogens is 2. The first kappa shape index (κ1) is 15.3. The van der Waals surface area contributed by atoms with Gasteiger partial charge in [0, 0.05) is 11.6 Å². The van der Waals surface area contributed by atoms with Crippen LogP contribution >= 0.6 is 23.2 Å². The van der Waals surface area contributed by atoms with E-state index in [1.165, 1.54) is 0 Å². The third-order valence-corrected chi connectivity index (χ3v) is 4.17. The van der Waals surface area contributed by atoms with Gasteiger partial charge in [0.1, 0.15) is 0 Å². The fourth-order valence-electron chi connectivity index (χ4n) is 2.08. The molecule has 6 heteroatoms. The van der Waals surface area contributed by atoms with Crippen LogP contribution in [0.25, 0.3) is 11.4 Å². The van der Waals surface area contributed by atoms with E-state index < -0.39 is 0 Å². The van der Waals surface area contributed by atoms with E-state index in [9.17, 15) is 0 Å². The first-order chi connectivity index (χ1) is 9.56. The van der Waals surface area contributed by atoms with Crippen LogP contribution < -0.4 is 5.32 Å². The molecule has 20 heavy (non-hydrogen) atoms. The lowest BCUT2D eigenvalue weighted by Gasteiger charge is -2.17. The van der Waals surface area contributed by atoms with Crippen LogP contribution in [0.3, 0.4) is 0 Å². The quantitative estimate of drug-likeness (QED) is 0.901. The summed E-state index contributed by atoms with van der Waals surface area (Å²) in [4.78, 5) is 4.47. The first-order valence-electron chi connectivity index (χ1n) is 6.53. The number of likely N-dealkylation sites (N-methyl/N-ethyl adjacent to an activating group) is 1. The Morgan fingerprint density at radius 1 is 1.30 bits per heavy atom. The predicted molar refractivity (Wildman–Crippen MR) is 81.3 cm³/mol. The molecule has 0 saturated carbocycles. The highest BCUT2D eigenvalue weighted by atomic mass is 35.5. The van der Waals surface area contributed by atoms with Gasteiger partial charge in [0.15, 0.2) is 0 Å². The van der Waals surface area contributed by atoms with Crippen molar-refractivity contribution in [1.82, 2.24) is 15.5 Å². The van der Waals surface area contributed by atoms with Crippen LogP contribution in [0.4, 0.5) is 0 Å². The zero-order chi connectivity index (χ0) is 14.7. The Hall–Kier alpha value is -1.10. The van der Waals surface area contributed by atoms with Crippen LogP contribution in [-0.2, 0) is 0 Å². The average Bonchev–Trinajstić information content (AvgIpc) is 2.92. The van der Waals surface area contributed by atoms with Gasteiger partial charge in [-0.1, -0.05) is 35.3 Å². The van der Waals surface area contributed by atoms with Crippen LogP contribution in [0.15, 0.2) is 22.7 Å². The number of aromatic nitrogens is 2. The van der Waals surface area contributed by atoms with Crippen molar-refractivity contribution in [1.29, 1.82) is 0 Å². The van der Waals surface area contributed by atoms with Crippen molar-refractivity contribution in [2.24, 2.45) is 0 Å². The zero-order valence-corrected chi connectivity index (χ0v) is 13.2. The van der Waals surface area contributed by atoms with E-state index >= 15 is 0 Å². The number of rotatable bonds is 5. The number of nitrogens with zero attached hydrogens (tertiary/aromatic N) is 2. The molecule has 0 bridgehead atoms. The number of benzene rings is 1. The Balaban J connectivity index is 2.30. The first-order valence-corrected chi connectivity index (χ1v) is 7.28. The summed E-state index contributed by atoms with van der Waals surface area (Å²) in [7, 11) is 1.92. The molecule has 2 atom stereocenters. The fraction of sp³-hybridized carbons (Fsp3) is 0.429. The molecule has 0 aliphatic heterocycles. The van der Waals surface area contributed by atoms with Crippen LogP contribution in [0.5, 0.6) is 0 Å². The Kier molecular flexibility index (Phi) is 5.02. The number of hydrogen-bond acceptors (Lipinski definition) is 4. The van der Waals surface area contributed by atoms with Gasteiger partial charge in [0.25, 0.3) is 0 Å². The van der Waals surface area contributed by atoms with E-state index in [2.05, 4.69) is 29.3 Å². The van der Waals surface area contributed by atoms with E-state index in [0.29, 0.717) is 21.8 Å². The average molecular weight is 314 g/mol. The van der Waals surface area contributed by atoms with Crippen LogP contribution in [-0.4, -0.2) is 23.2 Å². The minimum Gasteiger partial charge on any atom is -0.339 e. The molecule has 108 valence electrons. The fourth-order valence-corrected chi connectivity index (χ4v) is 2.38. The molecule has 0 fully saturated rings. The summed E-state index contributed by atoms with van der Waals surface area (Å²) in [5.74, 6) is 1.35. The van der Waals surface area contributed by atoms with Gasteiger partial charge in [-0.25, -0.2) is 0 Å². The lowest BCUT2D eigenvalue weighted by atomic mass is 9.98. The number of hydrogen-bond donors (Lipinski definition) is 1. The maximum absolute atomic E-state index is 6.01. The second kappa shape index (κ2) is 6.57. The molecule has 2 rings (SSSR count). The van der Waals surface area contributed by atoms with Gasteiger partial charge >= 0.3 is 0 Å². The Labute approximate surface area is 128 Å². The predicted octanol–water partition coefficient (Wildman–Crippen LogP) is 4.14. The molecule has 0 radical (unpaired) electrons. The molecule has 1 aromatic carbocycles. The molecule has 1 N–H and O–H groups in total. The zero-order valence-electron chi connectivity index (χ0n) is 11.7. The van der Waals surface area contributed by atoms with Gasteiger partial charge in [0.05, 0.1) is 16.0 Å². The molecule has 0 spiro atoms. The largest absolute Gasteiger partial charge is 0.339 e. The maximum Gasteiger partial charge on any atom is 0.231 e. The van der Waals surface area contributed by atoms with E-state index in [0.717, 1.165) is 12.0 Å². The van der Waals surface area contributed by atoms with Crippen molar-refractivity contribution in [3.8, 4) is 11.4 Å². The van der Waals surface area contributed by atoms with Gasteiger partial charge in [-0.15, -0.1) is 0 Å². The molecular weight excluding hydrogens is 297 g/mol. The SMILES string of the molecule is CCC(c1nc(-c2ccc(Cl)c(Cl)c2)no1)C(C)NC. The van der Waals surface area contributed by atoms with Gasteiger partial charge < -0.3 is 9.84 Å². The summed E-state index contributed by atoms with van der Waals surface area (Å²) in [5.41, 5.74) is 0.793. The Morgan fingerprint density at radius 2 is 2.05 bits per heavy atom. The highest BCUT2D eigenvalue weighted by Crippen LogP contribution is 2.29. The summed E-state index contributed by atoms with van der Waals surface area (Å²) >= 11 is 11.9. The molecular formula is C14H17Cl2N3O. The van der Waals surface area contributed by atoms with Crippen molar-refractivity contribution in [2.45, 2.75) is 32.2 Å². The lowest BCUT2D eigenvalue weighted by molar-refractivity contribution is 0.322. The van der Waals surface area contributed by atoms with Crippen LogP contribution in [0.2, 0.25) is 10.0 Å². The molecule has 0 saturated heterocycles. The van der Waals surface area contributed by atoms with E-state index in [1.807, 2.05) is 13.1 Å². The van der Waals surface area contributed by atoms with Crippen molar-refractivity contribution in [2.75, 3.05) is 7.05 Å². The minimum absolute atomic E-state index is 0.184. The second-order valence-electron chi connectivity index (χ2n) is 4.68. The molecule has 4 nitrogen and oxygen atoms in total. The van der Waals surface area contributed by atoms with Gasteiger partial charge in [-0.2, -0.15) is 4.98 Å². The van der Waals surface area contributed by atoms with E-state index in [1.54, 1.807) is 12.1 Å². The third kappa shape index (κ3) is 3.14. The van der Waals surface area contributed by atoms with E-state index in [-0.39, 0.29) is 12.0 Å². The van der Waals surface area contributed by atoms with Gasteiger partial charge in [0.2, 0.25) is 11.7 Å². The minimum atomic E-state index is 0.184. The normalized spacial score (nSPS) is 14.2. The number of nitrogens with one attached hydrogen (secondary N) is 1. The topological polar surface area (TPSA) is 51.0 Å². The van der Waals surface area contributed by atoms with E-state index in [4.69, 9.17) is 27.7 Å². The monoisotopic (exact) mass is 313 g/mol. The lowest BCUT2D eigenvalue weighted by Crippen LogP contribution is -2.28. The van der Waals surface area contributed by atoms with Crippen molar-refractivity contribution >= 4 is 23.2 Å². The summed E-state index contributed by atoms with van der Waals surface area (Å²) in [6.45, 7) is 4.19. The van der Waals surface area contributed by atoms with Gasteiger partial charge in [-0.3, -0.25) is 0 Å². The Morgan fingerprint density at radius 3 is 2.65 bits per heavy atom. The van der Waals surface area contributed by atoms with Crippen molar-refractivity contribution in [3.05, 3.63) is 34.1 Å². The summed E-state index contributed by atoms with van der Waals surface area (Å²) in [6, 6.07) is 5.55. The smallest absolute Gasteiger partial charge is 0.231 e.